The number of hydrogen-bond donors (Lipinski definition) is 2. The normalized spacial score (nSPS) is 19.1. The van der Waals surface area contributed by atoms with E-state index in [-0.39, 0.29) is 12.5 Å². The van der Waals surface area contributed by atoms with Crippen LogP contribution in [0.5, 0.6) is 11.5 Å². The fourth-order valence-electron chi connectivity index (χ4n) is 4.93. The van der Waals surface area contributed by atoms with Gasteiger partial charge in [-0.05, 0) is 85.7 Å². The van der Waals surface area contributed by atoms with Gasteiger partial charge in [0.25, 0.3) is 0 Å². The molecule has 0 spiro atoms. The number of hydrogen-bond acceptors (Lipinski definition) is 6. The molecule has 1 unspecified atom stereocenters. The first kappa shape index (κ1) is 25.0. The van der Waals surface area contributed by atoms with E-state index in [1.54, 1.807) is 20.4 Å². The van der Waals surface area contributed by atoms with Gasteiger partial charge in [0, 0.05) is 30.3 Å². The summed E-state index contributed by atoms with van der Waals surface area (Å²) in [5.41, 5.74) is 2.66. The van der Waals surface area contributed by atoms with Gasteiger partial charge in [0.1, 0.15) is 11.5 Å². The van der Waals surface area contributed by atoms with Crippen LogP contribution in [-0.4, -0.2) is 60.6 Å². The molecule has 1 saturated heterocycles. The van der Waals surface area contributed by atoms with E-state index in [4.69, 9.17) is 9.47 Å². The quantitative estimate of drug-likeness (QED) is 0.480. The van der Waals surface area contributed by atoms with Crippen molar-refractivity contribution in [1.29, 1.82) is 0 Å². The van der Waals surface area contributed by atoms with E-state index >= 15 is 0 Å². The minimum Gasteiger partial charge on any atom is -0.497 e. The second-order valence-corrected chi connectivity index (χ2v) is 9.14. The lowest BCUT2D eigenvalue weighted by molar-refractivity contribution is 0.0640. The molecule has 0 radical (unpaired) electrons. The molecule has 0 aliphatic carbocycles. The maximum atomic E-state index is 11.0. The molecule has 3 atom stereocenters. The van der Waals surface area contributed by atoms with Crippen molar-refractivity contribution in [3.8, 4) is 23.3 Å². The Morgan fingerprint density at radius 1 is 1.09 bits per heavy atom. The van der Waals surface area contributed by atoms with E-state index < -0.39 is 6.10 Å². The average Bonchev–Trinajstić information content (AvgIpc) is 2.91. The summed E-state index contributed by atoms with van der Waals surface area (Å²) in [6.07, 6.45) is 3.66. The molecule has 1 aliphatic rings. The van der Waals surface area contributed by atoms with Gasteiger partial charge in [-0.25, -0.2) is 0 Å². The Morgan fingerprint density at radius 3 is 2.71 bits per heavy atom. The van der Waals surface area contributed by atoms with Gasteiger partial charge in [0.15, 0.2) is 0 Å². The fraction of sp³-hybridized carbons (Fsp3) is 0.414. The van der Waals surface area contributed by atoms with Crippen molar-refractivity contribution in [2.75, 3.05) is 40.5 Å². The highest BCUT2D eigenvalue weighted by molar-refractivity contribution is 5.83. The van der Waals surface area contributed by atoms with Crippen molar-refractivity contribution in [1.82, 2.24) is 9.88 Å². The number of aromatic nitrogens is 1. The topological polar surface area (TPSA) is 75.1 Å². The summed E-state index contributed by atoms with van der Waals surface area (Å²) in [6.45, 7) is 2.59. The van der Waals surface area contributed by atoms with Crippen molar-refractivity contribution in [2.45, 2.75) is 25.4 Å². The molecule has 0 amide bonds. The number of methoxy groups -OCH3 is 2. The van der Waals surface area contributed by atoms with E-state index in [1.807, 2.05) is 48.5 Å². The minimum atomic E-state index is -0.585. The molecule has 4 rings (SSSR count). The molecule has 0 saturated carbocycles. The number of aliphatic hydroxyl groups excluding tert-OH is 2. The number of aliphatic hydroxyl groups is 2. The zero-order valence-corrected chi connectivity index (χ0v) is 20.5. The van der Waals surface area contributed by atoms with Crippen molar-refractivity contribution in [3.63, 3.8) is 0 Å². The standard InChI is InChI=1S/C29H34N2O4/c1-34-24-7-3-5-21(17-24)6-4-15-31-16-13-22(23(19-31)20-32)8-11-29(33)26-12-14-30-28-10-9-25(35-2)18-27(26)28/h3,5,7,9-10,12,14,17-18,22-23,29,32-33H,8,11,13,15-16,19-20H2,1-2H3/t22-,23-,29?/m1/s1. The summed E-state index contributed by atoms with van der Waals surface area (Å²) in [6, 6.07) is 15.4. The summed E-state index contributed by atoms with van der Waals surface area (Å²) in [5.74, 6) is 8.59. The summed E-state index contributed by atoms with van der Waals surface area (Å²) < 4.78 is 10.6. The predicted molar refractivity (Wildman–Crippen MR) is 137 cm³/mol. The number of benzene rings is 2. The van der Waals surface area contributed by atoms with Crippen LogP contribution in [0.4, 0.5) is 0 Å². The van der Waals surface area contributed by atoms with Crippen LogP contribution in [-0.2, 0) is 0 Å². The van der Waals surface area contributed by atoms with Crippen LogP contribution in [0.1, 0.15) is 36.5 Å². The third-order valence-electron chi connectivity index (χ3n) is 6.97. The van der Waals surface area contributed by atoms with Crippen LogP contribution in [0.25, 0.3) is 10.9 Å². The summed E-state index contributed by atoms with van der Waals surface area (Å²) >= 11 is 0. The maximum Gasteiger partial charge on any atom is 0.120 e. The van der Waals surface area contributed by atoms with Crippen LogP contribution < -0.4 is 9.47 Å². The Labute approximate surface area is 207 Å². The molecule has 35 heavy (non-hydrogen) atoms. The van der Waals surface area contributed by atoms with Crippen LogP contribution in [0.15, 0.2) is 54.7 Å². The van der Waals surface area contributed by atoms with Gasteiger partial charge >= 0.3 is 0 Å². The third-order valence-corrected chi connectivity index (χ3v) is 6.97. The van der Waals surface area contributed by atoms with Crippen LogP contribution in [0.3, 0.4) is 0 Å². The SMILES string of the molecule is COc1cccc(C#CCN2CC[C@@H](CCC(O)c3ccnc4ccc(OC)cc34)[C@@H](CO)C2)c1. The largest absolute Gasteiger partial charge is 0.497 e. The molecule has 2 heterocycles. The molecule has 6 heteroatoms. The first-order valence-electron chi connectivity index (χ1n) is 12.2. The molecule has 2 N–H and O–H groups in total. The van der Waals surface area contributed by atoms with E-state index in [9.17, 15) is 10.2 Å². The minimum absolute atomic E-state index is 0.149. The molecule has 1 aromatic heterocycles. The smallest absolute Gasteiger partial charge is 0.120 e. The number of ether oxygens (including phenoxy) is 2. The van der Waals surface area contributed by atoms with Crippen LogP contribution >= 0.6 is 0 Å². The number of pyridine rings is 1. The first-order chi connectivity index (χ1) is 17.1. The first-order valence-corrected chi connectivity index (χ1v) is 12.2. The van der Waals surface area contributed by atoms with E-state index in [0.29, 0.717) is 18.9 Å². The second kappa shape index (κ2) is 12.0. The predicted octanol–water partition coefficient (Wildman–Crippen LogP) is 4.05. The monoisotopic (exact) mass is 474 g/mol. The number of fused-ring (bicyclic) bond motifs is 1. The van der Waals surface area contributed by atoms with Gasteiger partial charge in [-0.2, -0.15) is 0 Å². The summed E-state index contributed by atoms with van der Waals surface area (Å²) in [7, 11) is 3.29. The van der Waals surface area contributed by atoms with E-state index in [1.165, 1.54) is 0 Å². The number of rotatable bonds is 8. The highest BCUT2D eigenvalue weighted by atomic mass is 16.5. The molecule has 2 aromatic carbocycles. The lowest BCUT2D eigenvalue weighted by atomic mass is 9.81. The van der Waals surface area contributed by atoms with Crippen molar-refractivity contribution < 1.29 is 19.7 Å². The van der Waals surface area contributed by atoms with Crippen molar-refractivity contribution >= 4 is 10.9 Å². The Bertz CT molecular complexity index is 1190. The van der Waals surface area contributed by atoms with Crippen molar-refractivity contribution in [3.05, 3.63) is 65.9 Å². The van der Waals surface area contributed by atoms with Crippen LogP contribution in [0.2, 0.25) is 0 Å². The van der Waals surface area contributed by atoms with Gasteiger partial charge in [-0.3, -0.25) is 9.88 Å². The van der Waals surface area contributed by atoms with Crippen LogP contribution in [0, 0.1) is 23.7 Å². The van der Waals surface area contributed by atoms with E-state index in [2.05, 4.69) is 21.7 Å². The van der Waals surface area contributed by atoms with Gasteiger partial charge in [0.2, 0.25) is 0 Å². The van der Waals surface area contributed by atoms with Crippen molar-refractivity contribution in [2.24, 2.45) is 11.8 Å². The number of piperidine rings is 1. The number of nitrogens with zero attached hydrogens (tertiary/aromatic N) is 2. The van der Waals surface area contributed by atoms with Gasteiger partial charge in [-0.1, -0.05) is 17.9 Å². The van der Waals surface area contributed by atoms with Gasteiger partial charge < -0.3 is 19.7 Å². The highest BCUT2D eigenvalue weighted by Crippen LogP contribution is 2.33. The molecule has 0 bridgehead atoms. The molecule has 1 aliphatic heterocycles. The zero-order valence-electron chi connectivity index (χ0n) is 20.5. The van der Waals surface area contributed by atoms with E-state index in [0.717, 1.165) is 59.5 Å². The summed E-state index contributed by atoms with van der Waals surface area (Å²) in [4.78, 5) is 6.72. The average molecular weight is 475 g/mol. The number of likely N-dealkylation sites (tertiary alicyclic amines) is 1. The zero-order chi connectivity index (χ0) is 24.6. The molecule has 6 nitrogen and oxygen atoms in total. The fourth-order valence-corrected chi connectivity index (χ4v) is 4.93. The Hall–Kier alpha value is -3.11. The Morgan fingerprint density at radius 2 is 1.91 bits per heavy atom. The third kappa shape index (κ3) is 6.32. The highest BCUT2D eigenvalue weighted by Gasteiger charge is 2.29. The van der Waals surface area contributed by atoms with Gasteiger partial charge in [-0.15, -0.1) is 0 Å². The maximum absolute atomic E-state index is 11.0. The van der Waals surface area contributed by atoms with Gasteiger partial charge in [0.05, 0.1) is 32.4 Å². The molecular formula is C29H34N2O4. The molecule has 184 valence electrons. The second-order valence-electron chi connectivity index (χ2n) is 9.14. The summed E-state index contributed by atoms with van der Waals surface area (Å²) in [5, 5.41) is 22.0. The molecule has 1 fully saturated rings. The Kier molecular flexibility index (Phi) is 8.59. The lowest BCUT2D eigenvalue weighted by Crippen LogP contribution is -2.42. The molecule has 3 aromatic rings. The Balaban J connectivity index is 1.33. The molecular weight excluding hydrogens is 440 g/mol. The lowest BCUT2D eigenvalue weighted by Gasteiger charge is -2.37.